The zero-order chi connectivity index (χ0) is 15.1. The van der Waals surface area contributed by atoms with Crippen LogP contribution < -0.4 is 0 Å². The maximum Gasteiger partial charge on any atom is 0.269 e. The summed E-state index contributed by atoms with van der Waals surface area (Å²) in [5, 5.41) is 10.9. The Balaban J connectivity index is 1.71. The predicted octanol–water partition coefficient (Wildman–Crippen LogP) is 3.16. The molecular weight excluding hydrogens is 268 g/mol. The molecule has 0 spiro atoms. The van der Waals surface area contributed by atoms with Gasteiger partial charge in [-0.3, -0.25) is 14.9 Å². The highest BCUT2D eigenvalue weighted by molar-refractivity contribution is 5.79. The van der Waals surface area contributed by atoms with Gasteiger partial charge in [-0.25, -0.2) is 0 Å². The fourth-order valence-corrected chi connectivity index (χ4v) is 3.52. The molecule has 3 rings (SSSR count). The third-order valence-corrected chi connectivity index (χ3v) is 5.08. The van der Waals surface area contributed by atoms with Crippen molar-refractivity contribution in [2.24, 2.45) is 17.8 Å². The Kier molecular flexibility index (Phi) is 3.43. The van der Waals surface area contributed by atoms with Gasteiger partial charge < -0.3 is 4.90 Å². The second-order valence-electron chi connectivity index (χ2n) is 6.40. The fourth-order valence-electron chi connectivity index (χ4n) is 3.52. The largest absolute Gasteiger partial charge is 0.339 e. The van der Waals surface area contributed by atoms with Gasteiger partial charge in [0.1, 0.15) is 0 Å². The molecule has 112 valence electrons. The molecule has 2 fully saturated rings. The van der Waals surface area contributed by atoms with Gasteiger partial charge in [-0.15, -0.1) is 0 Å². The lowest BCUT2D eigenvalue weighted by Gasteiger charge is -2.28. The highest BCUT2D eigenvalue weighted by atomic mass is 16.6. The second-order valence-corrected chi connectivity index (χ2v) is 6.40. The van der Waals surface area contributed by atoms with Crippen molar-refractivity contribution in [1.29, 1.82) is 0 Å². The van der Waals surface area contributed by atoms with Crippen LogP contribution in [0.25, 0.3) is 0 Å². The molecule has 3 atom stereocenters. The minimum atomic E-state index is -0.400. The number of carbonyl (C=O) groups is 1. The quantitative estimate of drug-likeness (QED) is 0.631. The molecule has 0 saturated heterocycles. The second kappa shape index (κ2) is 5.13. The standard InChI is InChI=1S/C16H20N2O3/c1-10(11-4-3-5-15(9-11)18(20)21)17(2)16(19)14-7-12-6-13(12)8-14/h3-5,9-10,12-14H,6-8H2,1-2H3. The van der Waals surface area contributed by atoms with Crippen LogP contribution in [0.1, 0.15) is 37.8 Å². The number of nitro benzene ring substituents is 1. The van der Waals surface area contributed by atoms with E-state index in [2.05, 4.69) is 0 Å². The molecule has 3 unspecified atom stereocenters. The third kappa shape index (κ3) is 2.64. The van der Waals surface area contributed by atoms with Gasteiger partial charge in [-0.2, -0.15) is 0 Å². The molecule has 21 heavy (non-hydrogen) atoms. The number of hydrogen-bond donors (Lipinski definition) is 0. The normalized spacial score (nSPS) is 27.8. The molecule has 5 nitrogen and oxygen atoms in total. The van der Waals surface area contributed by atoms with E-state index in [-0.39, 0.29) is 23.6 Å². The third-order valence-electron chi connectivity index (χ3n) is 5.08. The zero-order valence-electron chi connectivity index (χ0n) is 12.4. The molecule has 5 heteroatoms. The average Bonchev–Trinajstić information content (AvgIpc) is 3.11. The first kappa shape index (κ1) is 14.0. The molecule has 1 amide bonds. The monoisotopic (exact) mass is 288 g/mol. The van der Waals surface area contributed by atoms with Crippen molar-refractivity contribution in [1.82, 2.24) is 4.90 Å². The Morgan fingerprint density at radius 3 is 2.62 bits per heavy atom. The first-order valence-corrected chi connectivity index (χ1v) is 7.48. The summed E-state index contributed by atoms with van der Waals surface area (Å²) >= 11 is 0. The van der Waals surface area contributed by atoms with Gasteiger partial charge >= 0.3 is 0 Å². The van der Waals surface area contributed by atoms with Crippen LogP contribution in [0.15, 0.2) is 24.3 Å². The van der Waals surface area contributed by atoms with E-state index < -0.39 is 4.92 Å². The first-order valence-electron chi connectivity index (χ1n) is 7.48. The van der Waals surface area contributed by atoms with E-state index in [9.17, 15) is 14.9 Å². The summed E-state index contributed by atoms with van der Waals surface area (Å²) in [6, 6.07) is 6.40. The van der Waals surface area contributed by atoms with Gasteiger partial charge in [0.2, 0.25) is 5.91 Å². The van der Waals surface area contributed by atoms with Crippen molar-refractivity contribution in [2.75, 3.05) is 7.05 Å². The van der Waals surface area contributed by atoms with Gasteiger partial charge in [0, 0.05) is 25.1 Å². The van der Waals surface area contributed by atoms with Crippen LogP contribution in [0, 0.1) is 27.9 Å². The molecule has 0 bridgehead atoms. The van der Waals surface area contributed by atoms with Crippen LogP contribution in [0.4, 0.5) is 5.69 Å². The Hall–Kier alpha value is -1.91. The average molecular weight is 288 g/mol. The van der Waals surface area contributed by atoms with E-state index in [4.69, 9.17) is 0 Å². The van der Waals surface area contributed by atoms with E-state index in [1.807, 2.05) is 13.0 Å². The van der Waals surface area contributed by atoms with Gasteiger partial charge in [-0.05, 0) is 43.6 Å². The van der Waals surface area contributed by atoms with Crippen molar-refractivity contribution >= 4 is 11.6 Å². The number of carbonyl (C=O) groups excluding carboxylic acids is 1. The van der Waals surface area contributed by atoms with Crippen LogP contribution in [-0.2, 0) is 4.79 Å². The molecule has 0 radical (unpaired) electrons. The molecule has 2 aliphatic carbocycles. The summed E-state index contributed by atoms with van der Waals surface area (Å²) in [6.45, 7) is 1.92. The molecule has 1 aromatic carbocycles. The van der Waals surface area contributed by atoms with Gasteiger partial charge in [-0.1, -0.05) is 12.1 Å². The zero-order valence-corrected chi connectivity index (χ0v) is 12.4. The van der Waals surface area contributed by atoms with E-state index in [0.29, 0.717) is 0 Å². The molecule has 0 heterocycles. The summed E-state index contributed by atoms with van der Waals surface area (Å²) in [7, 11) is 1.80. The first-order chi connectivity index (χ1) is 9.97. The lowest BCUT2D eigenvalue weighted by atomic mass is 9.99. The topological polar surface area (TPSA) is 63.5 Å². The predicted molar refractivity (Wildman–Crippen MR) is 78.6 cm³/mol. The maximum atomic E-state index is 12.5. The number of fused-ring (bicyclic) bond motifs is 1. The van der Waals surface area contributed by atoms with Crippen LogP contribution in [0.2, 0.25) is 0 Å². The fraction of sp³-hybridized carbons (Fsp3) is 0.562. The number of amides is 1. The Bertz CT molecular complexity index is 577. The molecular formula is C16H20N2O3. The maximum absolute atomic E-state index is 12.5. The van der Waals surface area contributed by atoms with Gasteiger partial charge in [0.05, 0.1) is 11.0 Å². The lowest BCUT2D eigenvalue weighted by molar-refractivity contribution is -0.384. The van der Waals surface area contributed by atoms with Crippen LogP contribution in [-0.4, -0.2) is 22.8 Å². The van der Waals surface area contributed by atoms with E-state index >= 15 is 0 Å². The Morgan fingerprint density at radius 1 is 1.33 bits per heavy atom. The molecule has 0 N–H and O–H groups in total. The van der Waals surface area contributed by atoms with Crippen molar-refractivity contribution in [3.05, 3.63) is 39.9 Å². The van der Waals surface area contributed by atoms with Crippen molar-refractivity contribution in [3.63, 3.8) is 0 Å². The molecule has 0 aliphatic heterocycles. The van der Waals surface area contributed by atoms with Crippen molar-refractivity contribution in [3.8, 4) is 0 Å². The number of nitrogens with zero attached hydrogens (tertiary/aromatic N) is 2. The summed E-state index contributed by atoms with van der Waals surface area (Å²) in [5.74, 6) is 1.89. The van der Waals surface area contributed by atoms with Crippen LogP contribution in [0.5, 0.6) is 0 Å². The van der Waals surface area contributed by atoms with E-state index in [0.717, 1.165) is 30.2 Å². The minimum Gasteiger partial charge on any atom is -0.339 e. The summed E-state index contributed by atoms with van der Waals surface area (Å²) in [4.78, 5) is 24.7. The van der Waals surface area contributed by atoms with Crippen molar-refractivity contribution < 1.29 is 9.72 Å². The van der Waals surface area contributed by atoms with Crippen molar-refractivity contribution in [2.45, 2.75) is 32.2 Å². The van der Waals surface area contributed by atoms with Gasteiger partial charge in [0.15, 0.2) is 0 Å². The SMILES string of the molecule is CC(c1cccc([N+](=O)[O-])c1)N(C)C(=O)C1CC2CC2C1. The number of non-ortho nitro benzene ring substituents is 1. The summed E-state index contributed by atoms with van der Waals surface area (Å²) in [6.07, 6.45) is 3.35. The summed E-state index contributed by atoms with van der Waals surface area (Å²) in [5.41, 5.74) is 0.880. The van der Waals surface area contributed by atoms with E-state index in [1.54, 1.807) is 24.1 Å². The number of rotatable bonds is 4. The Morgan fingerprint density at radius 2 is 2.00 bits per heavy atom. The van der Waals surface area contributed by atoms with Crippen LogP contribution in [0.3, 0.4) is 0 Å². The lowest BCUT2D eigenvalue weighted by Crippen LogP contribution is -2.34. The summed E-state index contributed by atoms with van der Waals surface area (Å²) < 4.78 is 0. The van der Waals surface area contributed by atoms with Crippen LogP contribution >= 0.6 is 0 Å². The van der Waals surface area contributed by atoms with E-state index in [1.165, 1.54) is 12.5 Å². The Labute approximate surface area is 124 Å². The van der Waals surface area contributed by atoms with Gasteiger partial charge in [0.25, 0.3) is 5.69 Å². The molecule has 0 aromatic heterocycles. The highest BCUT2D eigenvalue weighted by Crippen LogP contribution is 2.54. The number of benzene rings is 1. The smallest absolute Gasteiger partial charge is 0.269 e. The highest BCUT2D eigenvalue weighted by Gasteiger charge is 2.48. The number of nitro groups is 1. The molecule has 2 saturated carbocycles. The minimum absolute atomic E-state index is 0.0716. The number of hydrogen-bond acceptors (Lipinski definition) is 3. The molecule has 2 aliphatic rings. The molecule has 1 aromatic rings.